The van der Waals surface area contributed by atoms with Crippen LogP contribution in [0.3, 0.4) is 0 Å². The van der Waals surface area contributed by atoms with Crippen LogP contribution in [0.1, 0.15) is 60.3 Å². The van der Waals surface area contributed by atoms with Crippen molar-refractivity contribution in [2.75, 3.05) is 26.4 Å². The number of carbonyl (C=O) groups excluding carboxylic acids is 4. The maximum atomic E-state index is 12.0. The second-order valence-corrected chi connectivity index (χ2v) is 7.97. The molecule has 0 saturated heterocycles. The maximum Gasteiger partial charge on any atom is 0.324 e. The average molecular weight is 481 g/mol. The molecule has 0 heterocycles. The lowest BCUT2D eigenvalue weighted by Crippen LogP contribution is -2.41. The van der Waals surface area contributed by atoms with Crippen LogP contribution in [-0.2, 0) is 38.1 Å². The lowest BCUT2D eigenvalue weighted by molar-refractivity contribution is -0.173. The second-order valence-electron chi connectivity index (χ2n) is 7.97. The first-order valence-electron chi connectivity index (χ1n) is 11.6. The molecule has 0 spiro atoms. The van der Waals surface area contributed by atoms with E-state index in [9.17, 15) is 19.2 Å². The van der Waals surface area contributed by atoms with Gasteiger partial charge < -0.3 is 18.9 Å². The zero-order chi connectivity index (χ0) is 26.4. The minimum absolute atomic E-state index is 0.142. The van der Waals surface area contributed by atoms with Crippen molar-refractivity contribution in [2.45, 2.75) is 60.3 Å². The molecule has 0 amide bonds. The smallest absolute Gasteiger partial charge is 0.324 e. The van der Waals surface area contributed by atoms with Crippen LogP contribution < -0.4 is 0 Å². The van der Waals surface area contributed by atoms with Gasteiger partial charge in [0.2, 0.25) is 0 Å². The largest absolute Gasteiger partial charge is 0.465 e. The number of esters is 4. The molecule has 34 heavy (non-hydrogen) atoms. The van der Waals surface area contributed by atoms with Gasteiger partial charge in [0.15, 0.2) is 10.8 Å². The third-order valence-corrected chi connectivity index (χ3v) is 5.53. The van der Waals surface area contributed by atoms with E-state index in [1.54, 1.807) is 27.7 Å². The molecule has 0 aromatic carbocycles. The summed E-state index contributed by atoms with van der Waals surface area (Å²) >= 11 is 0. The number of carbonyl (C=O) groups is 4. The predicted molar refractivity (Wildman–Crippen MR) is 129 cm³/mol. The third kappa shape index (κ3) is 7.57. The molecule has 0 N–H and O–H groups in total. The molecule has 0 aromatic heterocycles. The first-order valence-corrected chi connectivity index (χ1v) is 11.6. The Labute approximate surface area is 203 Å². The second kappa shape index (κ2) is 15.1. The first-order chi connectivity index (χ1) is 16.1. The molecular weight excluding hydrogens is 440 g/mol. The van der Waals surface area contributed by atoms with Crippen LogP contribution in [0.4, 0.5) is 0 Å². The van der Waals surface area contributed by atoms with Crippen LogP contribution in [-0.4, -0.2) is 50.3 Å². The zero-order valence-corrected chi connectivity index (χ0v) is 21.3. The highest BCUT2D eigenvalue weighted by molar-refractivity contribution is 6.01. The molecule has 0 aromatic rings. The summed E-state index contributed by atoms with van der Waals surface area (Å²) in [4.78, 5) is 47.9. The fraction of sp³-hybridized carbons (Fsp3) is 0.615. The van der Waals surface area contributed by atoms with E-state index in [-0.39, 0.29) is 45.2 Å². The van der Waals surface area contributed by atoms with Crippen molar-refractivity contribution in [3.8, 4) is 0 Å². The molecule has 8 nitrogen and oxygen atoms in total. The molecule has 1 fully saturated rings. The van der Waals surface area contributed by atoms with E-state index in [1.165, 1.54) is 12.2 Å². The van der Waals surface area contributed by atoms with Crippen LogP contribution in [0, 0.1) is 16.7 Å². The monoisotopic (exact) mass is 480 g/mol. The van der Waals surface area contributed by atoms with Gasteiger partial charge in [-0.1, -0.05) is 31.2 Å². The summed E-state index contributed by atoms with van der Waals surface area (Å²) in [6.45, 7) is 20.8. The molecule has 8 heteroatoms. The number of hydrogen-bond acceptors (Lipinski definition) is 8. The third-order valence-electron chi connectivity index (χ3n) is 5.53. The van der Waals surface area contributed by atoms with Crippen LogP contribution in [0.2, 0.25) is 0 Å². The van der Waals surface area contributed by atoms with Gasteiger partial charge in [-0.25, -0.2) is 0 Å². The SMILES string of the molecule is C=C1CC(C(=O)OCC)(C(=O)OCC)CC1C.C=CCC(CC=C)(C(=O)OCC)C(=O)OCC. The Morgan fingerprint density at radius 2 is 1.24 bits per heavy atom. The van der Waals surface area contributed by atoms with Gasteiger partial charge in [0.1, 0.15) is 0 Å². The van der Waals surface area contributed by atoms with E-state index in [2.05, 4.69) is 19.7 Å². The Bertz CT molecular complexity index is 704. The lowest BCUT2D eigenvalue weighted by atomic mass is 9.81. The standard InChI is InChI=1S/2C13H20O4/c1-5-16-11(14)13(12(15)17-6-2)7-9(3)10(4)8-13;1-5-9-13(10-6-2,11(14)16-7-3)12(15)17-8-4/h10H,3,5-8H2,1-2,4H3;5-6H,1-2,7-10H2,3-4H3. The van der Waals surface area contributed by atoms with E-state index < -0.39 is 34.7 Å². The Morgan fingerprint density at radius 1 is 0.853 bits per heavy atom. The normalized spacial score (nSPS) is 16.4. The molecule has 1 aliphatic carbocycles. The predicted octanol–water partition coefficient (Wildman–Crippen LogP) is 4.34. The summed E-state index contributed by atoms with van der Waals surface area (Å²) in [6, 6.07) is 0. The highest BCUT2D eigenvalue weighted by Gasteiger charge is 2.54. The van der Waals surface area contributed by atoms with Crippen LogP contribution in [0.5, 0.6) is 0 Å². The Kier molecular flexibility index (Phi) is 13.8. The average Bonchev–Trinajstić information content (AvgIpc) is 3.10. The summed E-state index contributed by atoms with van der Waals surface area (Å²) in [7, 11) is 0. The van der Waals surface area contributed by atoms with Gasteiger partial charge >= 0.3 is 23.9 Å². The van der Waals surface area contributed by atoms with E-state index in [0.717, 1.165) is 5.57 Å². The van der Waals surface area contributed by atoms with Gasteiger partial charge in [0.05, 0.1) is 26.4 Å². The minimum Gasteiger partial charge on any atom is -0.465 e. The van der Waals surface area contributed by atoms with Gasteiger partial charge in [-0.2, -0.15) is 0 Å². The fourth-order valence-corrected chi connectivity index (χ4v) is 3.77. The summed E-state index contributed by atoms with van der Waals surface area (Å²) in [5.74, 6) is -1.99. The molecule has 1 rings (SSSR count). The van der Waals surface area contributed by atoms with Gasteiger partial charge in [0, 0.05) is 0 Å². The van der Waals surface area contributed by atoms with E-state index in [4.69, 9.17) is 18.9 Å². The highest BCUT2D eigenvalue weighted by atomic mass is 16.6. The molecule has 1 atom stereocenters. The number of allylic oxidation sites excluding steroid dienone is 3. The fourth-order valence-electron chi connectivity index (χ4n) is 3.77. The Morgan fingerprint density at radius 3 is 1.50 bits per heavy atom. The van der Waals surface area contributed by atoms with Crippen molar-refractivity contribution >= 4 is 23.9 Å². The number of hydrogen-bond donors (Lipinski definition) is 0. The molecule has 1 unspecified atom stereocenters. The van der Waals surface area contributed by atoms with Crippen molar-refractivity contribution in [3.63, 3.8) is 0 Å². The van der Waals surface area contributed by atoms with Crippen molar-refractivity contribution in [2.24, 2.45) is 16.7 Å². The molecule has 192 valence electrons. The quantitative estimate of drug-likeness (QED) is 0.176. The molecule has 0 aliphatic heterocycles. The molecule has 1 aliphatic rings. The van der Waals surface area contributed by atoms with Crippen LogP contribution in [0.15, 0.2) is 37.5 Å². The van der Waals surface area contributed by atoms with E-state index in [0.29, 0.717) is 12.8 Å². The molecule has 0 bridgehead atoms. The zero-order valence-electron chi connectivity index (χ0n) is 21.3. The molecule has 1 saturated carbocycles. The van der Waals surface area contributed by atoms with Crippen LogP contribution >= 0.6 is 0 Å². The Hall–Kier alpha value is -2.90. The van der Waals surface area contributed by atoms with Crippen molar-refractivity contribution in [1.82, 2.24) is 0 Å². The van der Waals surface area contributed by atoms with Crippen molar-refractivity contribution in [1.29, 1.82) is 0 Å². The van der Waals surface area contributed by atoms with Gasteiger partial charge in [0.25, 0.3) is 0 Å². The number of ether oxygens (including phenoxy) is 4. The van der Waals surface area contributed by atoms with Gasteiger partial charge in [-0.15, -0.1) is 13.2 Å². The molecule has 0 radical (unpaired) electrons. The highest BCUT2D eigenvalue weighted by Crippen LogP contribution is 2.46. The summed E-state index contributed by atoms with van der Waals surface area (Å²) < 4.78 is 19.9. The van der Waals surface area contributed by atoms with Gasteiger partial charge in [-0.05, 0) is 59.3 Å². The van der Waals surface area contributed by atoms with E-state index in [1.807, 2.05) is 6.92 Å². The maximum absolute atomic E-state index is 12.0. The summed E-state index contributed by atoms with van der Waals surface area (Å²) in [5.41, 5.74) is -1.59. The topological polar surface area (TPSA) is 105 Å². The summed E-state index contributed by atoms with van der Waals surface area (Å²) in [5, 5.41) is 0. The van der Waals surface area contributed by atoms with Crippen molar-refractivity contribution in [3.05, 3.63) is 37.5 Å². The van der Waals surface area contributed by atoms with E-state index >= 15 is 0 Å². The lowest BCUT2D eigenvalue weighted by Gasteiger charge is -2.26. The first kappa shape index (κ1) is 31.1. The molecular formula is C26H40O8. The summed E-state index contributed by atoms with van der Waals surface area (Å²) in [6.07, 6.45) is 4.15. The minimum atomic E-state index is -1.34. The van der Waals surface area contributed by atoms with Crippen LogP contribution in [0.25, 0.3) is 0 Å². The van der Waals surface area contributed by atoms with Crippen molar-refractivity contribution < 1.29 is 38.1 Å². The Balaban J connectivity index is 0.000000641. The number of rotatable bonds is 12. The van der Waals surface area contributed by atoms with Gasteiger partial charge in [-0.3, -0.25) is 19.2 Å².